The number of phenolic OH excluding ortho intramolecular Hbond substituents is 1. The number of hydrogen-bond acceptors (Lipinski definition) is 6. The van der Waals surface area contributed by atoms with Gasteiger partial charge in [-0.15, -0.1) is 10.2 Å². The van der Waals surface area contributed by atoms with Crippen molar-refractivity contribution in [1.29, 1.82) is 0 Å². The van der Waals surface area contributed by atoms with Crippen molar-refractivity contribution in [2.75, 3.05) is 7.11 Å². The number of carbonyl (C=O) groups is 1. The number of rotatable bonds is 6. The minimum absolute atomic E-state index is 0.00847. The van der Waals surface area contributed by atoms with Crippen LogP contribution in [0.25, 0.3) is 11.1 Å². The molecule has 0 radical (unpaired) electrons. The molecule has 0 atom stereocenters. The van der Waals surface area contributed by atoms with Crippen LogP contribution in [0.3, 0.4) is 0 Å². The van der Waals surface area contributed by atoms with Crippen LogP contribution in [-0.4, -0.2) is 28.3 Å². The molecule has 0 spiro atoms. The van der Waals surface area contributed by atoms with E-state index in [1.807, 2.05) is 31.2 Å². The molecule has 0 fully saturated rings. The fourth-order valence-corrected chi connectivity index (χ4v) is 3.33. The predicted octanol–water partition coefficient (Wildman–Crippen LogP) is 4.23. The van der Waals surface area contributed by atoms with E-state index in [1.165, 1.54) is 13.2 Å². The van der Waals surface area contributed by atoms with Crippen molar-refractivity contribution in [2.45, 2.75) is 13.5 Å². The van der Waals surface area contributed by atoms with E-state index in [-0.39, 0.29) is 16.7 Å². The quantitative estimate of drug-likeness (QED) is 0.629. The molecule has 2 aromatic carbocycles. The Morgan fingerprint density at radius 1 is 1.21 bits per heavy atom. The molecule has 0 saturated carbocycles. The van der Waals surface area contributed by atoms with Gasteiger partial charge in [0.05, 0.1) is 12.1 Å². The Bertz CT molecular complexity index is 1020. The zero-order valence-corrected chi connectivity index (χ0v) is 16.8. The van der Waals surface area contributed by atoms with Crippen molar-refractivity contribution in [1.82, 2.24) is 15.5 Å². The Morgan fingerprint density at radius 3 is 2.61 bits per heavy atom. The number of benzene rings is 2. The van der Waals surface area contributed by atoms with Crippen LogP contribution >= 0.6 is 22.9 Å². The molecule has 0 aliphatic rings. The van der Waals surface area contributed by atoms with Crippen molar-refractivity contribution < 1.29 is 14.6 Å². The lowest BCUT2D eigenvalue weighted by Gasteiger charge is -2.03. The van der Waals surface area contributed by atoms with Crippen LogP contribution in [0.5, 0.6) is 11.5 Å². The number of nitrogens with zero attached hydrogens (tertiary/aromatic N) is 2. The lowest BCUT2D eigenvalue weighted by Crippen LogP contribution is -2.22. The van der Waals surface area contributed by atoms with Crippen LogP contribution < -0.4 is 10.1 Å². The Morgan fingerprint density at radius 2 is 1.93 bits per heavy atom. The largest absolute Gasteiger partial charge is 0.504 e. The summed E-state index contributed by atoms with van der Waals surface area (Å²) in [5, 5.41) is 21.5. The van der Waals surface area contributed by atoms with Gasteiger partial charge in [-0.05, 0) is 36.3 Å². The Kier molecular flexibility index (Phi) is 6.28. The van der Waals surface area contributed by atoms with Crippen molar-refractivity contribution >= 4 is 40.0 Å². The summed E-state index contributed by atoms with van der Waals surface area (Å²) in [5.41, 5.74) is 2.83. The molecule has 28 heavy (non-hydrogen) atoms. The maximum Gasteiger partial charge on any atom is 0.282 e. The maximum absolute atomic E-state index is 12.3. The monoisotopic (exact) mass is 415 g/mol. The van der Waals surface area contributed by atoms with Crippen LogP contribution in [0.2, 0.25) is 0 Å². The zero-order chi connectivity index (χ0) is 20.1. The molecule has 1 amide bonds. The normalized spacial score (nSPS) is 11.3. The zero-order valence-electron chi connectivity index (χ0n) is 15.3. The Labute approximate surface area is 171 Å². The number of carbonyl (C=O) groups excluding carboxylic acids is 1. The third-order valence-electron chi connectivity index (χ3n) is 3.89. The van der Waals surface area contributed by atoms with Crippen molar-refractivity contribution in [3.63, 3.8) is 0 Å². The topological polar surface area (TPSA) is 84.3 Å². The van der Waals surface area contributed by atoms with E-state index in [4.69, 9.17) is 16.3 Å². The molecule has 0 unspecified atom stereocenters. The van der Waals surface area contributed by atoms with Crippen LogP contribution in [0.1, 0.15) is 31.5 Å². The highest BCUT2D eigenvalue weighted by Crippen LogP contribution is 2.30. The first kappa shape index (κ1) is 19.9. The minimum Gasteiger partial charge on any atom is -0.504 e. The summed E-state index contributed by atoms with van der Waals surface area (Å²) in [4.78, 5) is 12.3. The van der Waals surface area contributed by atoms with Gasteiger partial charge in [0.25, 0.3) is 5.91 Å². The number of aromatic hydroxyl groups is 1. The Hall–Kier alpha value is -2.90. The number of phenols is 1. The number of aromatic nitrogens is 2. The fourth-order valence-electron chi connectivity index (χ4n) is 2.38. The lowest BCUT2D eigenvalue weighted by atomic mass is 10.1. The van der Waals surface area contributed by atoms with Gasteiger partial charge in [0.15, 0.2) is 16.5 Å². The average Bonchev–Trinajstić information content (AvgIpc) is 3.18. The van der Waals surface area contributed by atoms with E-state index < -0.39 is 0 Å². The van der Waals surface area contributed by atoms with Gasteiger partial charge >= 0.3 is 0 Å². The van der Waals surface area contributed by atoms with E-state index in [0.29, 0.717) is 27.9 Å². The van der Waals surface area contributed by atoms with Crippen LogP contribution in [0, 0.1) is 6.92 Å². The summed E-state index contributed by atoms with van der Waals surface area (Å²) in [6, 6.07) is 12.8. The van der Waals surface area contributed by atoms with Crippen LogP contribution in [0.4, 0.5) is 0 Å². The second kappa shape index (κ2) is 8.86. The molecule has 3 aromatic rings. The van der Waals surface area contributed by atoms with Crippen molar-refractivity contribution in [3.8, 4) is 11.5 Å². The maximum atomic E-state index is 12.3. The summed E-state index contributed by atoms with van der Waals surface area (Å²) in [6.45, 7) is 2.42. The van der Waals surface area contributed by atoms with Gasteiger partial charge in [0.2, 0.25) is 5.01 Å². The number of ether oxygens (including phenoxy) is 1. The smallest absolute Gasteiger partial charge is 0.282 e. The number of nitrogens with one attached hydrogen (secondary N) is 1. The molecule has 0 saturated heterocycles. The van der Waals surface area contributed by atoms with E-state index >= 15 is 0 Å². The molecule has 0 aliphatic carbocycles. The minimum atomic E-state index is -0.309. The summed E-state index contributed by atoms with van der Waals surface area (Å²) in [6.07, 6.45) is 1.63. The standard InChI is InChI=1S/C20H18ClN3O3S/c1-12-3-5-13(6-4-12)11-22-18(26)20-24-23-19(28-20)15(21)9-14-7-8-17(27-2)16(25)10-14/h3-10,25H,11H2,1-2H3,(H,22,26)/b15-9-. The summed E-state index contributed by atoms with van der Waals surface area (Å²) in [5.74, 6) is 0.0711. The number of amides is 1. The van der Waals surface area contributed by atoms with Gasteiger partial charge in [0.1, 0.15) is 0 Å². The first-order chi connectivity index (χ1) is 13.5. The molecular formula is C20H18ClN3O3S. The average molecular weight is 416 g/mol. The van der Waals surface area contributed by atoms with Crippen LogP contribution in [-0.2, 0) is 6.54 Å². The molecule has 2 N–H and O–H groups in total. The molecule has 1 aromatic heterocycles. The fraction of sp³-hybridized carbons (Fsp3) is 0.150. The highest BCUT2D eigenvalue weighted by molar-refractivity contribution is 7.15. The number of methoxy groups -OCH3 is 1. The molecule has 0 aliphatic heterocycles. The second-order valence-corrected chi connectivity index (χ2v) is 7.39. The third-order valence-corrected chi connectivity index (χ3v) is 5.25. The second-order valence-electron chi connectivity index (χ2n) is 6.00. The summed E-state index contributed by atoms with van der Waals surface area (Å²) in [7, 11) is 1.48. The van der Waals surface area contributed by atoms with Crippen molar-refractivity contribution in [2.24, 2.45) is 0 Å². The van der Waals surface area contributed by atoms with E-state index in [9.17, 15) is 9.90 Å². The highest BCUT2D eigenvalue weighted by Gasteiger charge is 2.14. The molecule has 1 heterocycles. The van der Waals surface area contributed by atoms with Gasteiger partial charge in [-0.1, -0.05) is 58.8 Å². The van der Waals surface area contributed by atoms with Crippen molar-refractivity contribution in [3.05, 3.63) is 69.2 Å². The van der Waals surface area contributed by atoms with E-state index in [1.54, 1.807) is 18.2 Å². The third kappa shape index (κ3) is 4.88. The SMILES string of the molecule is COc1ccc(/C=C(\Cl)c2nnc(C(=O)NCc3ccc(C)cc3)s2)cc1O. The van der Waals surface area contributed by atoms with E-state index in [2.05, 4.69) is 15.5 Å². The molecule has 8 heteroatoms. The summed E-state index contributed by atoms with van der Waals surface area (Å²) < 4.78 is 5.01. The number of aryl methyl sites for hydroxylation is 1. The summed E-state index contributed by atoms with van der Waals surface area (Å²) >= 11 is 7.39. The van der Waals surface area contributed by atoms with Gasteiger partial charge < -0.3 is 15.2 Å². The van der Waals surface area contributed by atoms with Gasteiger partial charge in [-0.25, -0.2) is 0 Å². The molecule has 0 bridgehead atoms. The first-order valence-corrected chi connectivity index (χ1v) is 9.57. The van der Waals surface area contributed by atoms with E-state index in [0.717, 1.165) is 22.5 Å². The molecule has 144 valence electrons. The lowest BCUT2D eigenvalue weighted by molar-refractivity contribution is 0.0950. The highest BCUT2D eigenvalue weighted by atomic mass is 35.5. The first-order valence-electron chi connectivity index (χ1n) is 8.38. The van der Waals surface area contributed by atoms with Gasteiger partial charge in [0, 0.05) is 6.54 Å². The molecule has 3 rings (SSSR count). The van der Waals surface area contributed by atoms with Crippen LogP contribution in [0.15, 0.2) is 42.5 Å². The van der Waals surface area contributed by atoms with Gasteiger partial charge in [-0.2, -0.15) is 0 Å². The molecular weight excluding hydrogens is 398 g/mol. The number of hydrogen-bond donors (Lipinski definition) is 2. The van der Waals surface area contributed by atoms with Gasteiger partial charge in [-0.3, -0.25) is 4.79 Å². The number of halogens is 1. The molecule has 6 nitrogen and oxygen atoms in total. The predicted molar refractivity (Wildman–Crippen MR) is 111 cm³/mol. The Balaban J connectivity index is 1.67.